The van der Waals surface area contributed by atoms with Crippen molar-refractivity contribution in [1.29, 1.82) is 0 Å². The minimum atomic E-state index is 0.392. The van der Waals surface area contributed by atoms with Gasteiger partial charge in [-0.1, -0.05) is 0 Å². The molecule has 0 aromatic carbocycles. The predicted molar refractivity (Wildman–Crippen MR) is 74.5 cm³/mol. The summed E-state index contributed by atoms with van der Waals surface area (Å²) in [7, 11) is 4.23. The van der Waals surface area contributed by atoms with E-state index in [1.54, 1.807) is 0 Å². The Balaban J connectivity index is 1.68. The molecule has 0 amide bonds. The van der Waals surface area contributed by atoms with Crippen LogP contribution in [-0.4, -0.2) is 41.4 Å². The summed E-state index contributed by atoms with van der Waals surface area (Å²) in [6, 6.07) is 2.48. The Morgan fingerprint density at radius 2 is 2.11 bits per heavy atom. The summed E-state index contributed by atoms with van der Waals surface area (Å²) in [5.41, 5.74) is 1.26. The van der Waals surface area contributed by atoms with Crippen LogP contribution in [0.4, 0.5) is 0 Å². The number of piperidine rings is 1. The van der Waals surface area contributed by atoms with Crippen LogP contribution in [-0.2, 0) is 7.05 Å². The summed E-state index contributed by atoms with van der Waals surface area (Å²) in [6.45, 7) is 5.86. The molecule has 0 spiro atoms. The van der Waals surface area contributed by atoms with Gasteiger partial charge in [-0.2, -0.15) is 5.10 Å². The standard InChI is InChI=1S/C14H26N4/c1-12(14-5-9-16-18(14)3)15-8-4-13-6-10-17(2)11-7-13/h5,9,12-13,15H,4,6-8,10-11H2,1-3H3. The van der Waals surface area contributed by atoms with Crippen molar-refractivity contribution in [2.75, 3.05) is 26.7 Å². The van der Waals surface area contributed by atoms with Crippen molar-refractivity contribution < 1.29 is 0 Å². The molecule has 1 unspecified atom stereocenters. The molecule has 1 saturated heterocycles. The Bertz CT molecular complexity index is 352. The molecule has 0 radical (unpaired) electrons. The highest BCUT2D eigenvalue weighted by Crippen LogP contribution is 2.19. The van der Waals surface area contributed by atoms with Gasteiger partial charge in [-0.3, -0.25) is 4.68 Å². The van der Waals surface area contributed by atoms with Gasteiger partial charge in [0.1, 0.15) is 0 Å². The molecule has 0 bridgehead atoms. The van der Waals surface area contributed by atoms with Gasteiger partial charge in [0.25, 0.3) is 0 Å². The Labute approximate surface area is 110 Å². The van der Waals surface area contributed by atoms with Gasteiger partial charge in [-0.25, -0.2) is 0 Å². The second kappa shape index (κ2) is 6.34. The monoisotopic (exact) mass is 250 g/mol. The normalized spacial score (nSPS) is 20.2. The third kappa shape index (κ3) is 3.56. The topological polar surface area (TPSA) is 33.1 Å². The molecular formula is C14H26N4. The first-order valence-corrected chi connectivity index (χ1v) is 7.06. The van der Waals surface area contributed by atoms with Crippen LogP contribution in [0.5, 0.6) is 0 Å². The summed E-state index contributed by atoms with van der Waals surface area (Å²) in [6.07, 6.45) is 5.89. The Morgan fingerprint density at radius 3 is 2.72 bits per heavy atom. The first-order valence-electron chi connectivity index (χ1n) is 7.06. The second-order valence-electron chi connectivity index (χ2n) is 5.59. The Morgan fingerprint density at radius 1 is 1.39 bits per heavy atom. The average molecular weight is 250 g/mol. The SMILES string of the molecule is CC(NCCC1CCN(C)CC1)c1ccnn1C. The molecule has 1 aliphatic rings. The van der Waals surface area contributed by atoms with Gasteiger partial charge >= 0.3 is 0 Å². The van der Waals surface area contributed by atoms with E-state index in [2.05, 4.69) is 35.4 Å². The Kier molecular flexibility index (Phi) is 4.78. The molecule has 2 heterocycles. The van der Waals surface area contributed by atoms with E-state index in [0.29, 0.717) is 6.04 Å². The number of nitrogens with one attached hydrogen (secondary N) is 1. The number of rotatable bonds is 5. The van der Waals surface area contributed by atoms with Crippen LogP contribution in [0.15, 0.2) is 12.3 Å². The lowest BCUT2D eigenvalue weighted by Crippen LogP contribution is -2.32. The van der Waals surface area contributed by atoms with Crippen molar-refractivity contribution in [2.45, 2.75) is 32.2 Å². The summed E-state index contributed by atoms with van der Waals surface area (Å²) < 4.78 is 1.95. The van der Waals surface area contributed by atoms with Crippen molar-refractivity contribution >= 4 is 0 Å². The maximum Gasteiger partial charge on any atom is 0.0547 e. The molecule has 0 aliphatic carbocycles. The van der Waals surface area contributed by atoms with Crippen LogP contribution in [0.3, 0.4) is 0 Å². The van der Waals surface area contributed by atoms with Crippen LogP contribution in [0.1, 0.15) is 37.9 Å². The zero-order valence-corrected chi connectivity index (χ0v) is 11.9. The van der Waals surface area contributed by atoms with E-state index in [-0.39, 0.29) is 0 Å². The summed E-state index contributed by atoms with van der Waals surface area (Å²) in [4.78, 5) is 2.43. The number of nitrogens with zero attached hydrogens (tertiary/aromatic N) is 3. The fourth-order valence-electron chi connectivity index (χ4n) is 2.77. The zero-order valence-electron chi connectivity index (χ0n) is 11.9. The van der Waals surface area contributed by atoms with Gasteiger partial charge in [-0.05, 0) is 64.9 Å². The fourth-order valence-corrected chi connectivity index (χ4v) is 2.77. The summed E-state index contributed by atoms with van der Waals surface area (Å²) in [5, 5.41) is 7.83. The maximum atomic E-state index is 4.22. The molecule has 1 aromatic heterocycles. The van der Waals surface area contributed by atoms with E-state index >= 15 is 0 Å². The first kappa shape index (κ1) is 13.6. The van der Waals surface area contributed by atoms with E-state index < -0.39 is 0 Å². The van der Waals surface area contributed by atoms with Gasteiger partial charge in [0, 0.05) is 19.3 Å². The van der Waals surface area contributed by atoms with Crippen LogP contribution < -0.4 is 5.32 Å². The molecular weight excluding hydrogens is 224 g/mol. The smallest absolute Gasteiger partial charge is 0.0547 e. The van der Waals surface area contributed by atoms with Crippen molar-refractivity contribution in [3.8, 4) is 0 Å². The minimum absolute atomic E-state index is 0.392. The van der Waals surface area contributed by atoms with Gasteiger partial charge in [0.15, 0.2) is 0 Å². The van der Waals surface area contributed by atoms with E-state index in [4.69, 9.17) is 0 Å². The van der Waals surface area contributed by atoms with Gasteiger partial charge in [-0.15, -0.1) is 0 Å². The number of hydrogen-bond acceptors (Lipinski definition) is 3. The van der Waals surface area contributed by atoms with Crippen molar-refractivity contribution in [1.82, 2.24) is 20.0 Å². The van der Waals surface area contributed by atoms with Crippen molar-refractivity contribution in [3.05, 3.63) is 18.0 Å². The molecule has 18 heavy (non-hydrogen) atoms. The molecule has 0 saturated carbocycles. The number of likely N-dealkylation sites (tertiary alicyclic amines) is 1. The number of aromatic nitrogens is 2. The highest BCUT2D eigenvalue weighted by molar-refractivity contribution is 5.05. The van der Waals surface area contributed by atoms with Crippen LogP contribution in [0.2, 0.25) is 0 Å². The highest BCUT2D eigenvalue weighted by atomic mass is 15.3. The van der Waals surface area contributed by atoms with E-state index in [1.807, 2.05) is 17.9 Å². The lowest BCUT2D eigenvalue weighted by molar-refractivity contribution is 0.210. The van der Waals surface area contributed by atoms with E-state index in [0.717, 1.165) is 12.5 Å². The lowest BCUT2D eigenvalue weighted by atomic mass is 9.94. The lowest BCUT2D eigenvalue weighted by Gasteiger charge is -2.29. The molecule has 4 heteroatoms. The van der Waals surface area contributed by atoms with Gasteiger partial charge in [0.05, 0.1) is 5.69 Å². The Hall–Kier alpha value is -0.870. The van der Waals surface area contributed by atoms with Gasteiger partial charge < -0.3 is 10.2 Å². The highest BCUT2D eigenvalue weighted by Gasteiger charge is 2.16. The number of aryl methyl sites for hydroxylation is 1. The molecule has 1 atom stereocenters. The zero-order chi connectivity index (χ0) is 13.0. The quantitative estimate of drug-likeness (QED) is 0.865. The maximum absolute atomic E-state index is 4.22. The van der Waals surface area contributed by atoms with E-state index in [1.165, 1.54) is 38.0 Å². The fraction of sp³-hybridized carbons (Fsp3) is 0.786. The average Bonchev–Trinajstić information content (AvgIpc) is 2.78. The summed E-state index contributed by atoms with van der Waals surface area (Å²) >= 11 is 0. The van der Waals surface area contributed by atoms with Crippen LogP contribution >= 0.6 is 0 Å². The summed E-state index contributed by atoms with van der Waals surface area (Å²) in [5.74, 6) is 0.910. The van der Waals surface area contributed by atoms with Crippen LogP contribution in [0.25, 0.3) is 0 Å². The van der Waals surface area contributed by atoms with Gasteiger partial charge in [0.2, 0.25) is 0 Å². The molecule has 1 N–H and O–H groups in total. The van der Waals surface area contributed by atoms with Crippen molar-refractivity contribution in [2.24, 2.45) is 13.0 Å². The molecule has 102 valence electrons. The molecule has 4 nitrogen and oxygen atoms in total. The predicted octanol–water partition coefficient (Wildman–Crippen LogP) is 1.80. The second-order valence-corrected chi connectivity index (χ2v) is 5.59. The van der Waals surface area contributed by atoms with Crippen LogP contribution in [0, 0.1) is 5.92 Å². The molecule has 1 aromatic rings. The molecule has 1 aliphatic heterocycles. The third-order valence-electron chi connectivity index (χ3n) is 4.14. The largest absolute Gasteiger partial charge is 0.309 e. The van der Waals surface area contributed by atoms with Crippen molar-refractivity contribution in [3.63, 3.8) is 0 Å². The number of hydrogen-bond donors (Lipinski definition) is 1. The molecule has 2 rings (SSSR count). The van der Waals surface area contributed by atoms with E-state index in [9.17, 15) is 0 Å². The third-order valence-corrected chi connectivity index (χ3v) is 4.14. The molecule has 1 fully saturated rings. The minimum Gasteiger partial charge on any atom is -0.309 e. The first-order chi connectivity index (χ1) is 8.66.